The number of likely N-dealkylation sites (N-methyl/N-ethyl adjacent to an activating group) is 1. The molecule has 1 aromatic heterocycles. The topological polar surface area (TPSA) is 17.0 Å². The van der Waals surface area contributed by atoms with Crippen LogP contribution < -0.4 is 5.32 Å². The highest BCUT2D eigenvalue weighted by Crippen LogP contribution is 2.59. The fourth-order valence-corrected chi connectivity index (χ4v) is 6.14. The minimum atomic E-state index is 0.718. The van der Waals surface area contributed by atoms with E-state index in [1.807, 2.05) is 0 Å². The van der Waals surface area contributed by atoms with Gasteiger partial charge in [-0.15, -0.1) is 0 Å². The van der Waals surface area contributed by atoms with E-state index in [1.165, 1.54) is 25.7 Å². The minimum absolute atomic E-state index is 0.718. The van der Waals surface area contributed by atoms with E-state index in [1.54, 1.807) is 12.1 Å². The van der Waals surface area contributed by atoms with Crippen LogP contribution in [-0.2, 0) is 7.05 Å². The zero-order chi connectivity index (χ0) is 13.7. The molecule has 20 heavy (non-hydrogen) atoms. The molecule has 4 aliphatic carbocycles. The molecule has 0 aliphatic heterocycles. The maximum absolute atomic E-state index is 3.48. The van der Waals surface area contributed by atoms with Crippen LogP contribution in [0.4, 0.5) is 0 Å². The molecule has 2 heteroatoms. The van der Waals surface area contributed by atoms with Gasteiger partial charge in [0.15, 0.2) is 0 Å². The average molecular weight is 272 g/mol. The van der Waals surface area contributed by atoms with E-state index in [9.17, 15) is 0 Å². The van der Waals surface area contributed by atoms with Crippen LogP contribution in [0.5, 0.6) is 0 Å². The molecule has 0 saturated heterocycles. The third-order valence-corrected chi connectivity index (χ3v) is 6.55. The summed E-state index contributed by atoms with van der Waals surface area (Å²) in [6, 6.07) is 4.57. The fourth-order valence-electron chi connectivity index (χ4n) is 6.14. The first-order chi connectivity index (χ1) is 9.76. The molecule has 0 spiro atoms. The molecule has 4 fully saturated rings. The van der Waals surface area contributed by atoms with Gasteiger partial charge >= 0.3 is 0 Å². The van der Waals surface area contributed by atoms with Crippen molar-refractivity contribution in [2.24, 2.45) is 36.6 Å². The molecule has 4 aliphatic rings. The summed E-state index contributed by atoms with van der Waals surface area (Å²) in [5.41, 5.74) is 1.55. The summed E-state index contributed by atoms with van der Waals surface area (Å²) in [6.45, 7) is 1.14. The highest BCUT2D eigenvalue weighted by Gasteiger charge is 2.50. The van der Waals surface area contributed by atoms with E-state index in [0.29, 0.717) is 0 Å². The summed E-state index contributed by atoms with van der Waals surface area (Å²) >= 11 is 0. The van der Waals surface area contributed by atoms with Crippen molar-refractivity contribution < 1.29 is 0 Å². The maximum Gasteiger partial charge on any atom is 0.0218 e. The predicted molar refractivity (Wildman–Crippen MR) is 82.6 cm³/mol. The summed E-state index contributed by atoms with van der Waals surface area (Å²) in [5.74, 6) is 5.84. The van der Waals surface area contributed by atoms with E-state index in [4.69, 9.17) is 0 Å². The van der Waals surface area contributed by atoms with E-state index in [0.717, 1.165) is 42.1 Å². The smallest absolute Gasteiger partial charge is 0.0218 e. The van der Waals surface area contributed by atoms with Gasteiger partial charge in [-0.2, -0.15) is 0 Å². The molecule has 5 rings (SSSR count). The van der Waals surface area contributed by atoms with Gasteiger partial charge in [-0.05, 0) is 80.9 Å². The van der Waals surface area contributed by atoms with Crippen molar-refractivity contribution in [2.75, 3.05) is 13.6 Å². The summed E-state index contributed by atoms with van der Waals surface area (Å²) < 4.78 is 2.35. The van der Waals surface area contributed by atoms with Gasteiger partial charge in [0, 0.05) is 31.4 Å². The van der Waals surface area contributed by atoms with Gasteiger partial charge in [0.1, 0.15) is 0 Å². The third-order valence-electron chi connectivity index (χ3n) is 6.55. The second-order valence-corrected chi connectivity index (χ2v) is 7.72. The molecule has 1 N–H and O–H groups in total. The maximum atomic E-state index is 3.48. The Labute approximate surface area is 122 Å². The van der Waals surface area contributed by atoms with Crippen molar-refractivity contribution in [1.82, 2.24) is 9.88 Å². The van der Waals surface area contributed by atoms with E-state index < -0.39 is 0 Å². The second kappa shape index (κ2) is 4.91. The zero-order valence-corrected chi connectivity index (χ0v) is 12.9. The lowest BCUT2D eigenvalue weighted by Gasteiger charge is -2.56. The van der Waals surface area contributed by atoms with Crippen molar-refractivity contribution >= 4 is 0 Å². The first-order valence-electron chi connectivity index (χ1n) is 8.52. The Morgan fingerprint density at radius 3 is 2.30 bits per heavy atom. The first kappa shape index (κ1) is 12.9. The van der Waals surface area contributed by atoms with E-state index >= 15 is 0 Å². The van der Waals surface area contributed by atoms with Gasteiger partial charge in [-0.25, -0.2) is 0 Å². The van der Waals surface area contributed by atoms with Gasteiger partial charge in [0.05, 0.1) is 0 Å². The molecule has 1 atom stereocenters. The minimum Gasteiger partial charge on any atom is -0.354 e. The lowest BCUT2D eigenvalue weighted by atomic mass is 9.49. The molecule has 4 saturated carbocycles. The number of rotatable bonds is 4. The Hall–Kier alpha value is -0.760. The SMILES string of the molecule is CNCC(c1cccn1C)C1C2CC3CC(C2)CC1C3. The van der Waals surface area contributed by atoms with E-state index in [-0.39, 0.29) is 0 Å². The van der Waals surface area contributed by atoms with Crippen molar-refractivity contribution in [2.45, 2.75) is 38.0 Å². The Morgan fingerprint density at radius 1 is 1.15 bits per heavy atom. The molecule has 1 aromatic rings. The van der Waals surface area contributed by atoms with Crippen molar-refractivity contribution in [3.8, 4) is 0 Å². The Bertz CT molecular complexity index is 448. The van der Waals surface area contributed by atoms with Crippen LogP contribution in [0, 0.1) is 29.6 Å². The zero-order valence-electron chi connectivity index (χ0n) is 12.9. The van der Waals surface area contributed by atoms with Crippen LogP contribution in [0.25, 0.3) is 0 Å². The van der Waals surface area contributed by atoms with Gasteiger partial charge in [-0.3, -0.25) is 0 Å². The normalized spacial score (nSPS) is 40.2. The Morgan fingerprint density at radius 2 is 1.80 bits per heavy atom. The molecule has 2 nitrogen and oxygen atoms in total. The first-order valence-corrected chi connectivity index (χ1v) is 8.52. The molecule has 1 unspecified atom stereocenters. The van der Waals surface area contributed by atoms with Gasteiger partial charge in [0.2, 0.25) is 0 Å². The second-order valence-electron chi connectivity index (χ2n) is 7.72. The van der Waals surface area contributed by atoms with Crippen LogP contribution in [0.2, 0.25) is 0 Å². The number of hydrogen-bond donors (Lipinski definition) is 1. The fraction of sp³-hybridized carbons (Fsp3) is 0.778. The number of nitrogens with one attached hydrogen (secondary N) is 1. The highest BCUT2D eigenvalue weighted by atomic mass is 14.9. The quantitative estimate of drug-likeness (QED) is 0.889. The lowest BCUT2D eigenvalue weighted by Crippen LogP contribution is -2.48. The van der Waals surface area contributed by atoms with Crippen LogP contribution in [-0.4, -0.2) is 18.2 Å². The van der Waals surface area contributed by atoms with Crippen LogP contribution in [0.15, 0.2) is 18.3 Å². The van der Waals surface area contributed by atoms with Crippen molar-refractivity contribution in [1.29, 1.82) is 0 Å². The number of aryl methyl sites for hydroxylation is 1. The molecule has 0 amide bonds. The van der Waals surface area contributed by atoms with E-state index in [2.05, 4.69) is 42.3 Å². The molecule has 0 radical (unpaired) electrons. The molecule has 0 aromatic carbocycles. The predicted octanol–water partition coefficient (Wildman–Crippen LogP) is 3.40. The Kier molecular flexibility index (Phi) is 3.17. The molecule has 1 heterocycles. The molecular formula is C18H28N2. The molecule has 4 bridgehead atoms. The number of hydrogen-bond acceptors (Lipinski definition) is 1. The largest absolute Gasteiger partial charge is 0.354 e. The standard InChI is InChI=1S/C18H28N2/c1-19-11-16(17-4-3-5-20(17)2)18-14-7-12-6-13(9-14)10-15(18)8-12/h3-5,12-16,18-19H,6-11H2,1-2H3. The van der Waals surface area contributed by atoms with Crippen molar-refractivity contribution in [3.05, 3.63) is 24.0 Å². The molecular weight excluding hydrogens is 244 g/mol. The summed E-state index contributed by atoms with van der Waals surface area (Å²) in [7, 11) is 4.33. The average Bonchev–Trinajstić information content (AvgIpc) is 2.82. The van der Waals surface area contributed by atoms with Crippen LogP contribution in [0.3, 0.4) is 0 Å². The summed E-state index contributed by atoms with van der Waals surface area (Å²) in [6.07, 6.45) is 9.89. The van der Waals surface area contributed by atoms with Gasteiger partial charge < -0.3 is 9.88 Å². The van der Waals surface area contributed by atoms with Crippen LogP contribution >= 0.6 is 0 Å². The highest BCUT2D eigenvalue weighted by molar-refractivity contribution is 5.17. The Balaban J connectivity index is 1.65. The summed E-state index contributed by atoms with van der Waals surface area (Å²) in [4.78, 5) is 0. The van der Waals surface area contributed by atoms with Crippen molar-refractivity contribution in [3.63, 3.8) is 0 Å². The monoisotopic (exact) mass is 272 g/mol. The lowest BCUT2D eigenvalue weighted by molar-refractivity contribution is -0.0483. The molecule has 110 valence electrons. The van der Waals surface area contributed by atoms with Gasteiger partial charge in [-0.1, -0.05) is 0 Å². The summed E-state index contributed by atoms with van der Waals surface area (Å²) in [5, 5.41) is 3.48. The van der Waals surface area contributed by atoms with Gasteiger partial charge in [0.25, 0.3) is 0 Å². The van der Waals surface area contributed by atoms with Crippen LogP contribution in [0.1, 0.15) is 43.7 Å². The number of aromatic nitrogens is 1. The third kappa shape index (κ3) is 1.95. The number of nitrogens with zero attached hydrogens (tertiary/aromatic N) is 1.